The maximum atomic E-state index is 13.3. The van der Waals surface area contributed by atoms with Crippen LogP contribution in [0.2, 0.25) is 0 Å². The minimum Gasteiger partial charge on any atom is -0.493 e. The highest BCUT2D eigenvalue weighted by atomic mass is 19.1. The number of halogens is 1. The minimum absolute atomic E-state index is 0.0188. The third kappa shape index (κ3) is 2.49. The van der Waals surface area contributed by atoms with Crippen LogP contribution < -0.4 is 9.47 Å². The lowest BCUT2D eigenvalue weighted by Gasteiger charge is -2.12. The van der Waals surface area contributed by atoms with Gasteiger partial charge in [0.15, 0.2) is 24.1 Å². The molecule has 0 atom stereocenters. The van der Waals surface area contributed by atoms with Gasteiger partial charge in [-0.3, -0.25) is 4.79 Å². The van der Waals surface area contributed by atoms with Crippen molar-refractivity contribution in [1.82, 2.24) is 0 Å². The molecule has 0 saturated carbocycles. The molecule has 0 aromatic heterocycles. The van der Waals surface area contributed by atoms with Crippen LogP contribution in [-0.4, -0.2) is 26.8 Å². The summed E-state index contributed by atoms with van der Waals surface area (Å²) in [7, 11) is 2.75. The third-order valence-electron chi connectivity index (χ3n) is 1.96. The summed E-state index contributed by atoms with van der Waals surface area (Å²) in [5.74, 6) is -0.798. The molecule has 0 N–H and O–H groups in total. The molecule has 88 valence electrons. The monoisotopic (exact) mass is 228 g/mol. The summed E-state index contributed by atoms with van der Waals surface area (Å²) < 4.78 is 28.1. The molecule has 0 saturated heterocycles. The van der Waals surface area contributed by atoms with E-state index >= 15 is 0 Å². The van der Waals surface area contributed by atoms with Crippen molar-refractivity contribution in [2.45, 2.75) is 6.92 Å². The molecule has 0 fully saturated rings. The predicted molar refractivity (Wildman–Crippen MR) is 55.5 cm³/mol. The largest absolute Gasteiger partial charge is 0.493 e. The Morgan fingerprint density at radius 2 is 2.06 bits per heavy atom. The van der Waals surface area contributed by atoms with Crippen molar-refractivity contribution in [2.24, 2.45) is 0 Å². The zero-order valence-corrected chi connectivity index (χ0v) is 9.37. The van der Waals surface area contributed by atoms with E-state index in [1.165, 1.54) is 33.3 Å². The van der Waals surface area contributed by atoms with Gasteiger partial charge in [-0.2, -0.15) is 0 Å². The first kappa shape index (κ1) is 12.4. The van der Waals surface area contributed by atoms with Crippen LogP contribution in [0.5, 0.6) is 11.5 Å². The van der Waals surface area contributed by atoms with Crippen molar-refractivity contribution in [3.8, 4) is 11.5 Å². The standard InChI is InChI=1S/C11H13FO4/c1-7(13)10-9(16-6-14-2)5-4-8(12)11(10)15-3/h4-5H,6H2,1-3H3. The molecule has 5 heteroatoms. The summed E-state index contributed by atoms with van der Waals surface area (Å²) in [6.07, 6.45) is 0. The van der Waals surface area contributed by atoms with Crippen LogP contribution in [0.1, 0.15) is 17.3 Å². The molecule has 0 heterocycles. The second-order valence-electron chi connectivity index (χ2n) is 3.06. The Morgan fingerprint density at radius 1 is 1.38 bits per heavy atom. The lowest BCUT2D eigenvalue weighted by Crippen LogP contribution is -2.07. The number of methoxy groups -OCH3 is 2. The lowest BCUT2D eigenvalue weighted by atomic mass is 10.1. The van der Waals surface area contributed by atoms with Gasteiger partial charge in [0.2, 0.25) is 0 Å². The smallest absolute Gasteiger partial charge is 0.188 e. The summed E-state index contributed by atoms with van der Waals surface area (Å²) in [5, 5.41) is 0. The van der Waals surface area contributed by atoms with Crippen LogP contribution in [0.4, 0.5) is 4.39 Å². The molecule has 1 rings (SSSR count). The molecule has 0 aliphatic rings. The van der Waals surface area contributed by atoms with E-state index in [9.17, 15) is 9.18 Å². The zero-order valence-electron chi connectivity index (χ0n) is 9.37. The average Bonchev–Trinajstić information content (AvgIpc) is 2.26. The Morgan fingerprint density at radius 3 is 2.56 bits per heavy atom. The summed E-state index contributed by atoms with van der Waals surface area (Å²) in [6.45, 7) is 1.30. The van der Waals surface area contributed by atoms with Gasteiger partial charge < -0.3 is 14.2 Å². The fourth-order valence-electron chi connectivity index (χ4n) is 1.31. The van der Waals surface area contributed by atoms with E-state index in [2.05, 4.69) is 0 Å². The Balaban J connectivity index is 3.22. The van der Waals surface area contributed by atoms with Gasteiger partial charge in [0.1, 0.15) is 11.3 Å². The maximum Gasteiger partial charge on any atom is 0.188 e. The fourth-order valence-corrected chi connectivity index (χ4v) is 1.31. The highest BCUT2D eigenvalue weighted by molar-refractivity contribution is 5.99. The summed E-state index contributed by atoms with van der Waals surface area (Å²) in [5.41, 5.74) is 0.0829. The van der Waals surface area contributed by atoms with E-state index in [1.54, 1.807) is 0 Å². The first-order chi connectivity index (χ1) is 7.61. The van der Waals surface area contributed by atoms with Gasteiger partial charge in [0.25, 0.3) is 0 Å². The molecule has 0 aliphatic carbocycles. The third-order valence-corrected chi connectivity index (χ3v) is 1.96. The van der Waals surface area contributed by atoms with E-state index in [0.29, 0.717) is 0 Å². The van der Waals surface area contributed by atoms with Gasteiger partial charge in [-0.15, -0.1) is 0 Å². The number of ketones is 1. The summed E-state index contributed by atoms with van der Waals surface area (Å²) in [6, 6.07) is 2.55. The van der Waals surface area contributed by atoms with Crippen LogP contribution in [0.15, 0.2) is 12.1 Å². The van der Waals surface area contributed by atoms with E-state index in [4.69, 9.17) is 14.2 Å². The minimum atomic E-state index is -0.600. The number of rotatable bonds is 5. The number of carbonyl (C=O) groups is 1. The highest BCUT2D eigenvalue weighted by Gasteiger charge is 2.19. The molecule has 1 aromatic rings. The Bertz CT molecular complexity index is 390. The normalized spacial score (nSPS) is 10.0. The molecule has 0 amide bonds. The quantitative estimate of drug-likeness (QED) is 0.571. The second kappa shape index (κ2) is 5.46. The van der Waals surface area contributed by atoms with Crippen LogP contribution in [-0.2, 0) is 4.74 Å². The van der Waals surface area contributed by atoms with Crippen molar-refractivity contribution in [3.05, 3.63) is 23.5 Å². The zero-order chi connectivity index (χ0) is 12.1. The Hall–Kier alpha value is -1.62. The van der Waals surface area contributed by atoms with E-state index < -0.39 is 5.82 Å². The molecule has 0 unspecified atom stereocenters. The molecule has 0 radical (unpaired) electrons. The molecule has 0 bridgehead atoms. The number of carbonyl (C=O) groups excluding carboxylic acids is 1. The fraction of sp³-hybridized carbons (Fsp3) is 0.364. The number of hydrogen-bond acceptors (Lipinski definition) is 4. The molecular formula is C11H13FO4. The van der Waals surface area contributed by atoms with Crippen molar-refractivity contribution < 1.29 is 23.4 Å². The Labute approximate surface area is 92.9 Å². The molecule has 4 nitrogen and oxygen atoms in total. The van der Waals surface area contributed by atoms with Crippen molar-refractivity contribution in [3.63, 3.8) is 0 Å². The van der Waals surface area contributed by atoms with Crippen LogP contribution in [0.25, 0.3) is 0 Å². The Kier molecular flexibility index (Phi) is 4.25. The number of hydrogen-bond donors (Lipinski definition) is 0. The number of benzene rings is 1. The van der Waals surface area contributed by atoms with Crippen molar-refractivity contribution in [2.75, 3.05) is 21.0 Å². The highest BCUT2D eigenvalue weighted by Crippen LogP contribution is 2.31. The van der Waals surface area contributed by atoms with Crippen molar-refractivity contribution in [1.29, 1.82) is 0 Å². The predicted octanol–water partition coefficient (Wildman–Crippen LogP) is 2.02. The lowest BCUT2D eigenvalue weighted by molar-refractivity contribution is 0.0500. The number of Topliss-reactive ketones (excluding diaryl/α,β-unsaturated/α-hetero) is 1. The SMILES string of the molecule is COCOc1ccc(F)c(OC)c1C(C)=O. The average molecular weight is 228 g/mol. The molecule has 0 spiro atoms. The van der Waals surface area contributed by atoms with Crippen LogP contribution in [0, 0.1) is 5.82 Å². The van der Waals surface area contributed by atoms with Gasteiger partial charge in [-0.05, 0) is 19.1 Å². The van der Waals surface area contributed by atoms with E-state index in [1.807, 2.05) is 0 Å². The molecule has 0 aliphatic heterocycles. The van der Waals surface area contributed by atoms with Gasteiger partial charge >= 0.3 is 0 Å². The van der Waals surface area contributed by atoms with Gasteiger partial charge in [0, 0.05) is 7.11 Å². The summed E-state index contributed by atoms with van der Waals surface area (Å²) in [4.78, 5) is 11.4. The summed E-state index contributed by atoms with van der Waals surface area (Å²) >= 11 is 0. The van der Waals surface area contributed by atoms with Crippen LogP contribution >= 0.6 is 0 Å². The van der Waals surface area contributed by atoms with E-state index in [-0.39, 0.29) is 29.6 Å². The molecular weight excluding hydrogens is 215 g/mol. The first-order valence-corrected chi connectivity index (χ1v) is 4.61. The van der Waals surface area contributed by atoms with Crippen LogP contribution in [0.3, 0.4) is 0 Å². The topological polar surface area (TPSA) is 44.8 Å². The first-order valence-electron chi connectivity index (χ1n) is 4.61. The second-order valence-corrected chi connectivity index (χ2v) is 3.06. The van der Waals surface area contributed by atoms with Gasteiger partial charge in [0.05, 0.1) is 7.11 Å². The van der Waals surface area contributed by atoms with Crippen molar-refractivity contribution >= 4 is 5.78 Å². The molecule has 16 heavy (non-hydrogen) atoms. The maximum absolute atomic E-state index is 13.3. The van der Waals surface area contributed by atoms with Gasteiger partial charge in [-0.1, -0.05) is 0 Å². The number of ether oxygens (including phenoxy) is 3. The van der Waals surface area contributed by atoms with Gasteiger partial charge in [-0.25, -0.2) is 4.39 Å². The molecule has 1 aromatic carbocycles. The van der Waals surface area contributed by atoms with E-state index in [0.717, 1.165) is 0 Å².